The Bertz CT molecular complexity index is 668. The summed E-state index contributed by atoms with van der Waals surface area (Å²) in [7, 11) is 0. The lowest BCUT2D eigenvalue weighted by atomic mass is 10.3. The fourth-order valence-electron chi connectivity index (χ4n) is 1.56. The average molecular weight is 246 g/mol. The van der Waals surface area contributed by atoms with Crippen molar-refractivity contribution in [2.75, 3.05) is 0 Å². The van der Waals surface area contributed by atoms with Gasteiger partial charge >= 0.3 is 5.88 Å². The standard InChI is InChI=1S/C11H6N2O3S/c14-13(15)11-2-1-8(16-11)10-5-7-6-12-4-3-9(7)17-10/h1-6H. The SMILES string of the molecule is O=[N+]([O-])c1ccc(-c2cc3cnccc3s2)o1. The summed E-state index contributed by atoms with van der Waals surface area (Å²) in [6.45, 7) is 0. The smallest absolute Gasteiger partial charge is 0.400 e. The van der Waals surface area contributed by atoms with E-state index in [2.05, 4.69) is 4.98 Å². The Morgan fingerprint density at radius 3 is 2.94 bits per heavy atom. The van der Waals surface area contributed by atoms with E-state index >= 15 is 0 Å². The summed E-state index contributed by atoms with van der Waals surface area (Å²) in [5.74, 6) is 0.272. The van der Waals surface area contributed by atoms with Crippen molar-refractivity contribution in [1.29, 1.82) is 0 Å². The number of aromatic nitrogens is 1. The Labute approximate surface area is 99.5 Å². The minimum Gasteiger partial charge on any atom is -0.400 e. The number of nitro groups is 1. The first kappa shape index (κ1) is 9.98. The molecule has 0 spiro atoms. The van der Waals surface area contributed by atoms with Crippen molar-refractivity contribution >= 4 is 27.3 Å². The van der Waals surface area contributed by atoms with Crippen LogP contribution in [-0.4, -0.2) is 9.91 Å². The zero-order valence-electron chi connectivity index (χ0n) is 8.49. The molecule has 3 rings (SSSR count). The molecule has 0 aromatic carbocycles. The van der Waals surface area contributed by atoms with E-state index < -0.39 is 4.92 Å². The monoisotopic (exact) mass is 246 g/mol. The minimum absolute atomic E-state index is 0.240. The highest BCUT2D eigenvalue weighted by Crippen LogP contribution is 2.35. The summed E-state index contributed by atoms with van der Waals surface area (Å²) in [4.78, 5) is 14.9. The second-order valence-corrected chi connectivity index (χ2v) is 4.50. The molecular weight excluding hydrogens is 240 g/mol. The Kier molecular flexibility index (Phi) is 2.15. The van der Waals surface area contributed by atoms with Gasteiger partial charge in [-0.2, -0.15) is 0 Å². The normalized spacial score (nSPS) is 10.8. The quantitative estimate of drug-likeness (QED) is 0.512. The van der Waals surface area contributed by atoms with E-state index in [9.17, 15) is 10.1 Å². The van der Waals surface area contributed by atoms with Crippen LogP contribution in [0.25, 0.3) is 20.7 Å². The van der Waals surface area contributed by atoms with Gasteiger partial charge in [0.2, 0.25) is 0 Å². The molecule has 0 radical (unpaired) electrons. The predicted octanol–water partition coefficient (Wildman–Crippen LogP) is 3.46. The predicted molar refractivity (Wildman–Crippen MR) is 64.0 cm³/mol. The molecule has 6 heteroatoms. The van der Waals surface area contributed by atoms with Gasteiger partial charge in [-0.05, 0) is 18.2 Å². The number of thiophene rings is 1. The van der Waals surface area contributed by atoms with Crippen LogP contribution in [0.3, 0.4) is 0 Å². The number of nitrogens with zero attached hydrogens (tertiary/aromatic N) is 2. The van der Waals surface area contributed by atoms with Crippen LogP contribution in [0.1, 0.15) is 0 Å². The lowest BCUT2D eigenvalue weighted by molar-refractivity contribution is -0.401. The maximum atomic E-state index is 10.5. The van der Waals surface area contributed by atoms with Crippen molar-refractivity contribution < 1.29 is 9.34 Å². The van der Waals surface area contributed by atoms with E-state index in [1.54, 1.807) is 18.5 Å². The molecule has 0 atom stereocenters. The van der Waals surface area contributed by atoms with Crippen molar-refractivity contribution in [3.05, 3.63) is 46.8 Å². The molecule has 3 aromatic rings. The number of rotatable bonds is 2. The first-order chi connectivity index (χ1) is 8.24. The van der Waals surface area contributed by atoms with Crippen LogP contribution in [0.4, 0.5) is 5.88 Å². The second-order valence-electron chi connectivity index (χ2n) is 3.42. The zero-order valence-corrected chi connectivity index (χ0v) is 9.31. The van der Waals surface area contributed by atoms with Gasteiger partial charge in [0.25, 0.3) is 0 Å². The second kappa shape index (κ2) is 3.67. The Hall–Kier alpha value is -2.21. The first-order valence-electron chi connectivity index (χ1n) is 4.82. The topological polar surface area (TPSA) is 69.2 Å². The Morgan fingerprint density at radius 2 is 2.24 bits per heavy atom. The van der Waals surface area contributed by atoms with Crippen molar-refractivity contribution in [1.82, 2.24) is 4.98 Å². The van der Waals surface area contributed by atoms with E-state index in [0.29, 0.717) is 5.76 Å². The van der Waals surface area contributed by atoms with Gasteiger partial charge in [-0.1, -0.05) is 0 Å². The summed E-state index contributed by atoms with van der Waals surface area (Å²) < 4.78 is 6.23. The van der Waals surface area contributed by atoms with Crippen LogP contribution in [0.15, 0.2) is 41.1 Å². The average Bonchev–Trinajstić information content (AvgIpc) is 2.95. The summed E-state index contributed by atoms with van der Waals surface area (Å²) in [6.07, 6.45) is 3.47. The molecule has 0 saturated carbocycles. The largest absolute Gasteiger partial charge is 0.433 e. The van der Waals surface area contributed by atoms with Crippen LogP contribution in [0, 0.1) is 10.1 Å². The third kappa shape index (κ3) is 1.68. The highest BCUT2D eigenvalue weighted by Gasteiger charge is 2.14. The first-order valence-corrected chi connectivity index (χ1v) is 5.64. The molecule has 5 nitrogen and oxygen atoms in total. The van der Waals surface area contributed by atoms with Gasteiger partial charge in [0.15, 0.2) is 5.76 Å². The van der Waals surface area contributed by atoms with Gasteiger partial charge in [0, 0.05) is 22.5 Å². The number of hydrogen-bond acceptors (Lipinski definition) is 5. The van der Waals surface area contributed by atoms with Gasteiger partial charge in [-0.25, -0.2) is 0 Å². The highest BCUT2D eigenvalue weighted by molar-refractivity contribution is 7.22. The van der Waals surface area contributed by atoms with Crippen LogP contribution in [-0.2, 0) is 0 Å². The number of fused-ring (bicyclic) bond motifs is 1. The Morgan fingerprint density at radius 1 is 1.35 bits per heavy atom. The molecule has 0 aliphatic carbocycles. The van der Waals surface area contributed by atoms with Gasteiger partial charge in [0.1, 0.15) is 4.92 Å². The molecular formula is C11H6N2O3S. The minimum atomic E-state index is -0.543. The van der Waals surface area contributed by atoms with E-state index in [1.807, 2.05) is 12.1 Å². The summed E-state index contributed by atoms with van der Waals surface area (Å²) in [6, 6.07) is 6.78. The van der Waals surface area contributed by atoms with Gasteiger partial charge in [-0.3, -0.25) is 15.1 Å². The molecule has 0 amide bonds. The summed E-state index contributed by atoms with van der Waals surface area (Å²) >= 11 is 1.52. The van der Waals surface area contributed by atoms with Gasteiger partial charge < -0.3 is 4.42 Å². The lowest BCUT2D eigenvalue weighted by Crippen LogP contribution is -1.82. The Balaban J connectivity index is 2.10. The number of hydrogen-bond donors (Lipinski definition) is 0. The summed E-state index contributed by atoms with van der Waals surface area (Å²) in [5.41, 5.74) is 0. The number of furan rings is 1. The van der Waals surface area contributed by atoms with Crippen LogP contribution in [0.5, 0.6) is 0 Å². The van der Waals surface area contributed by atoms with Crippen molar-refractivity contribution in [3.8, 4) is 10.6 Å². The maximum Gasteiger partial charge on any atom is 0.433 e. The molecule has 3 aromatic heterocycles. The van der Waals surface area contributed by atoms with E-state index in [0.717, 1.165) is 15.0 Å². The molecule has 84 valence electrons. The molecule has 0 saturated heterocycles. The van der Waals surface area contributed by atoms with Gasteiger partial charge in [0.05, 0.1) is 10.9 Å². The molecule has 3 heterocycles. The molecule has 0 bridgehead atoms. The fourth-order valence-corrected chi connectivity index (χ4v) is 2.56. The molecule has 0 unspecified atom stereocenters. The highest BCUT2D eigenvalue weighted by atomic mass is 32.1. The third-order valence-electron chi connectivity index (χ3n) is 2.33. The third-order valence-corrected chi connectivity index (χ3v) is 3.46. The molecule has 0 aliphatic rings. The van der Waals surface area contributed by atoms with E-state index in [-0.39, 0.29) is 5.88 Å². The van der Waals surface area contributed by atoms with Crippen molar-refractivity contribution in [2.45, 2.75) is 0 Å². The fraction of sp³-hybridized carbons (Fsp3) is 0. The van der Waals surface area contributed by atoms with Gasteiger partial charge in [-0.15, -0.1) is 11.3 Å². The van der Waals surface area contributed by atoms with Crippen molar-refractivity contribution in [3.63, 3.8) is 0 Å². The number of pyridine rings is 1. The van der Waals surface area contributed by atoms with Crippen LogP contribution in [0.2, 0.25) is 0 Å². The van der Waals surface area contributed by atoms with Crippen LogP contribution >= 0.6 is 11.3 Å². The summed E-state index contributed by atoms with van der Waals surface area (Å²) in [5, 5.41) is 11.5. The molecule has 0 N–H and O–H groups in total. The van der Waals surface area contributed by atoms with Crippen molar-refractivity contribution in [2.24, 2.45) is 0 Å². The molecule has 17 heavy (non-hydrogen) atoms. The van der Waals surface area contributed by atoms with Crippen LogP contribution < -0.4 is 0 Å². The molecule has 0 fully saturated rings. The maximum absolute atomic E-state index is 10.5. The molecule has 0 aliphatic heterocycles. The zero-order chi connectivity index (χ0) is 11.8. The lowest BCUT2D eigenvalue weighted by Gasteiger charge is -1.86. The van der Waals surface area contributed by atoms with E-state index in [1.165, 1.54) is 17.4 Å². The van der Waals surface area contributed by atoms with E-state index in [4.69, 9.17) is 4.42 Å².